The Bertz CT molecular complexity index is 1110. The van der Waals surface area contributed by atoms with Crippen molar-refractivity contribution < 1.29 is 14.6 Å². The van der Waals surface area contributed by atoms with Crippen LogP contribution >= 0.6 is 0 Å². The van der Waals surface area contributed by atoms with Gasteiger partial charge in [0.25, 0.3) is 0 Å². The SMILES string of the molecule is COc1ccc(-c2ccc(-c3cccc(C#N)c3)c(C)c2)c(/C=C/C(=O)O)c1. The number of benzene rings is 3. The van der Waals surface area contributed by atoms with Crippen molar-refractivity contribution >= 4 is 12.0 Å². The van der Waals surface area contributed by atoms with Gasteiger partial charge in [-0.15, -0.1) is 0 Å². The molecule has 0 saturated carbocycles. The maximum Gasteiger partial charge on any atom is 0.328 e. The fourth-order valence-electron chi connectivity index (χ4n) is 3.14. The minimum absolute atomic E-state index is 0.622. The van der Waals surface area contributed by atoms with E-state index >= 15 is 0 Å². The van der Waals surface area contributed by atoms with Gasteiger partial charge >= 0.3 is 5.97 Å². The number of carboxylic acids is 1. The highest BCUT2D eigenvalue weighted by Gasteiger charge is 2.09. The normalized spacial score (nSPS) is 10.6. The lowest BCUT2D eigenvalue weighted by Crippen LogP contribution is -1.91. The number of carboxylic acid groups (broad SMARTS) is 1. The highest BCUT2D eigenvalue weighted by molar-refractivity contribution is 5.88. The van der Waals surface area contributed by atoms with Gasteiger partial charge in [0, 0.05) is 6.08 Å². The van der Waals surface area contributed by atoms with E-state index in [1.807, 2.05) is 55.5 Å². The number of nitrogens with zero attached hydrogens (tertiary/aromatic N) is 1. The van der Waals surface area contributed by atoms with Crippen LogP contribution < -0.4 is 4.74 Å². The molecule has 0 aliphatic heterocycles. The Balaban J connectivity index is 2.06. The molecule has 0 amide bonds. The Labute approximate surface area is 164 Å². The van der Waals surface area contributed by atoms with Crippen molar-refractivity contribution in [3.63, 3.8) is 0 Å². The van der Waals surface area contributed by atoms with E-state index in [9.17, 15) is 4.79 Å². The summed E-state index contributed by atoms with van der Waals surface area (Å²) in [4.78, 5) is 10.9. The molecule has 0 saturated heterocycles. The van der Waals surface area contributed by atoms with Crippen LogP contribution in [0, 0.1) is 18.3 Å². The molecule has 4 nitrogen and oxygen atoms in total. The van der Waals surface area contributed by atoms with Gasteiger partial charge in [-0.2, -0.15) is 5.26 Å². The van der Waals surface area contributed by atoms with Gasteiger partial charge in [-0.05, 0) is 70.6 Å². The summed E-state index contributed by atoms with van der Waals surface area (Å²) in [6.45, 7) is 2.02. The number of methoxy groups -OCH3 is 1. The molecular formula is C24H19NO3. The van der Waals surface area contributed by atoms with Crippen molar-refractivity contribution in [2.75, 3.05) is 7.11 Å². The molecule has 3 aromatic carbocycles. The van der Waals surface area contributed by atoms with Crippen LogP contribution in [0.25, 0.3) is 28.3 Å². The molecule has 0 heterocycles. The Morgan fingerprint density at radius 1 is 1.04 bits per heavy atom. The van der Waals surface area contributed by atoms with Gasteiger partial charge in [-0.1, -0.05) is 36.4 Å². The topological polar surface area (TPSA) is 70.3 Å². The summed E-state index contributed by atoms with van der Waals surface area (Å²) in [6.07, 6.45) is 2.69. The van der Waals surface area contributed by atoms with Gasteiger partial charge in [0.1, 0.15) is 5.75 Å². The third-order valence-electron chi connectivity index (χ3n) is 4.50. The zero-order valence-corrected chi connectivity index (χ0v) is 15.6. The van der Waals surface area contributed by atoms with Gasteiger partial charge in [0.2, 0.25) is 0 Å². The molecule has 0 atom stereocenters. The Hall–Kier alpha value is -3.84. The first kappa shape index (κ1) is 18.9. The first-order chi connectivity index (χ1) is 13.5. The zero-order valence-electron chi connectivity index (χ0n) is 15.6. The number of nitriles is 1. The average Bonchev–Trinajstić information content (AvgIpc) is 2.71. The van der Waals surface area contributed by atoms with Crippen LogP contribution in [-0.2, 0) is 4.79 Å². The fourth-order valence-corrected chi connectivity index (χ4v) is 3.14. The van der Waals surface area contributed by atoms with Crippen molar-refractivity contribution in [1.82, 2.24) is 0 Å². The summed E-state index contributed by atoms with van der Waals surface area (Å²) >= 11 is 0. The van der Waals surface area contributed by atoms with Crippen LogP contribution in [0.1, 0.15) is 16.7 Å². The van der Waals surface area contributed by atoms with Crippen molar-refractivity contribution in [3.05, 3.63) is 83.4 Å². The lowest BCUT2D eigenvalue weighted by molar-refractivity contribution is -0.131. The maximum atomic E-state index is 10.9. The summed E-state index contributed by atoms with van der Waals surface area (Å²) in [5.74, 6) is -0.340. The minimum Gasteiger partial charge on any atom is -0.497 e. The summed E-state index contributed by atoms with van der Waals surface area (Å²) < 4.78 is 5.27. The Morgan fingerprint density at radius 3 is 2.46 bits per heavy atom. The van der Waals surface area contributed by atoms with E-state index < -0.39 is 5.97 Å². The number of rotatable bonds is 5. The van der Waals surface area contributed by atoms with Gasteiger partial charge in [0.15, 0.2) is 0 Å². The van der Waals surface area contributed by atoms with E-state index in [-0.39, 0.29) is 0 Å². The molecule has 0 fully saturated rings. The predicted octanol–water partition coefficient (Wildman–Crippen LogP) is 5.31. The number of aryl methyl sites for hydroxylation is 1. The third kappa shape index (κ3) is 4.11. The molecule has 0 aliphatic rings. The minimum atomic E-state index is -1.00. The fraction of sp³-hybridized carbons (Fsp3) is 0.0833. The number of ether oxygens (including phenoxy) is 1. The molecule has 0 radical (unpaired) electrons. The molecule has 0 aromatic heterocycles. The van der Waals surface area contributed by atoms with E-state index in [0.29, 0.717) is 11.3 Å². The summed E-state index contributed by atoms with van der Waals surface area (Å²) in [7, 11) is 1.58. The summed E-state index contributed by atoms with van der Waals surface area (Å²) in [5, 5.41) is 18.1. The molecular weight excluding hydrogens is 350 g/mol. The van der Waals surface area contributed by atoms with Crippen molar-refractivity contribution in [1.29, 1.82) is 5.26 Å². The predicted molar refractivity (Wildman–Crippen MR) is 110 cm³/mol. The van der Waals surface area contributed by atoms with Crippen LogP contribution in [0.5, 0.6) is 5.75 Å². The van der Waals surface area contributed by atoms with Crippen LogP contribution in [0.15, 0.2) is 66.7 Å². The molecule has 0 aliphatic carbocycles. The lowest BCUT2D eigenvalue weighted by atomic mass is 9.93. The Kier molecular flexibility index (Phi) is 5.57. The highest BCUT2D eigenvalue weighted by atomic mass is 16.5. The summed E-state index contributed by atoms with van der Waals surface area (Å²) in [5.41, 5.74) is 6.39. The second-order valence-corrected chi connectivity index (χ2v) is 6.35. The maximum absolute atomic E-state index is 10.9. The van der Waals surface area contributed by atoms with Crippen LogP contribution in [0.3, 0.4) is 0 Å². The van der Waals surface area contributed by atoms with E-state index in [0.717, 1.165) is 39.5 Å². The summed E-state index contributed by atoms with van der Waals surface area (Å²) in [6, 6.07) is 21.4. The van der Waals surface area contributed by atoms with Gasteiger partial charge in [-0.3, -0.25) is 0 Å². The molecule has 1 N–H and O–H groups in total. The number of hydrogen-bond donors (Lipinski definition) is 1. The second kappa shape index (κ2) is 8.24. The first-order valence-corrected chi connectivity index (χ1v) is 8.72. The van der Waals surface area contributed by atoms with E-state index in [2.05, 4.69) is 12.1 Å². The molecule has 4 heteroatoms. The molecule has 28 heavy (non-hydrogen) atoms. The van der Waals surface area contributed by atoms with Gasteiger partial charge < -0.3 is 9.84 Å². The molecule has 138 valence electrons. The van der Waals surface area contributed by atoms with Crippen molar-refractivity contribution in [2.24, 2.45) is 0 Å². The van der Waals surface area contributed by atoms with Gasteiger partial charge in [-0.25, -0.2) is 4.79 Å². The monoisotopic (exact) mass is 369 g/mol. The van der Waals surface area contributed by atoms with Crippen molar-refractivity contribution in [2.45, 2.75) is 6.92 Å². The quantitative estimate of drug-likeness (QED) is 0.619. The average molecular weight is 369 g/mol. The van der Waals surface area contributed by atoms with E-state index in [1.165, 1.54) is 0 Å². The smallest absolute Gasteiger partial charge is 0.328 e. The second-order valence-electron chi connectivity index (χ2n) is 6.35. The van der Waals surface area contributed by atoms with E-state index in [4.69, 9.17) is 15.1 Å². The molecule has 0 unspecified atom stereocenters. The van der Waals surface area contributed by atoms with Crippen LogP contribution in [0.4, 0.5) is 0 Å². The Morgan fingerprint density at radius 2 is 1.79 bits per heavy atom. The molecule has 0 spiro atoms. The third-order valence-corrected chi connectivity index (χ3v) is 4.50. The van der Waals surface area contributed by atoms with Crippen molar-refractivity contribution in [3.8, 4) is 34.1 Å². The van der Waals surface area contributed by atoms with E-state index in [1.54, 1.807) is 19.3 Å². The number of hydrogen-bond acceptors (Lipinski definition) is 3. The van der Waals surface area contributed by atoms with Crippen LogP contribution in [-0.4, -0.2) is 18.2 Å². The van der Waals surface area contributed by atoms with Gasteiger partial charge in [0.05, 0.1) is 18.7 Å². The molecule has 0 bridgehead atoms. The largest absolute Gasteiger partial charge is 0.497 e. The first-order valence-electron chi connectivity index (χ1n) is 8.72. The number of carbonyl (C=O) groups is 1. The lowest BCUT2D eigenvalue weighted by Gasteiger charge is -2.12. The molecule has 3 aromatic rings. The van der Waals surface area contributed by atoms with Crippen LogP contribution in [0.2, 0.25) is 0 Å². The standard InChI is InChI=1S/C24H19NO3/c1-16-12-19(6-9-22(16)18-5-3-4-17(13-18)15-25)23-10-8-21(28-2)14-20(23)7-11-24(26)27/h3-14H,1-2H3,(H,26,27)/b11-7+. The highest BCUT2D eigenvalue weighted by Crippen LogP contribution is 2.32. The molecule has 3 rings (SSSR count). The zero-order chi connectivity index (χ0) is 20.1. The number of aliphatic carboxylic acids is 1.